The summed E-state index contributed by atoms with van der Waals surface area (Å²) in [4.78, 5) is 8.13. The quantitative estimate of drug-likeness (QED) is 0.389. The van der Waals surface area contributed by atoms with E-state index in [1.165, 1.54) is 13.4 Å². The van der Waals surface area contributed by atoms with Gasteiger partial charge >= 0.3 is 0 Å². The van der Waals surface area contributed by atoms with E-state index in [9.17, 15) is 0 Å². The third-order valence-corrected chi connectivity index (χ3v) is 4.65. The van der Waals surface area contributed by atoms with Crippen molar-refractivity contribution in [2.24, 2.45) is 5.84 Å². The Morgan fingerprint density at radius 1 is 1.32 bits per heavy atom. The fraction of sp³-hybridized carbons (Fsp3) is 0.0909. The number of nitrogens with two attached hydrogens (primary N) is 1. The van der Waals surface area contributed by atoms with Crippen LogP contribution in [-0.2, 0) is 0 Å². The first-order valence-electron chi connectivity index (χ1n) is 5.23. The Bertz CT molecular complexity index is 595. The summed E-state index contributed by atoms with van der Waals surface area (Å²) < 4.78 is 7.38. The molecule has 1 heterocycles. The SMILES string of the molecule is COc1c(NN)ncnc1Nc1ccc(Br)c(I)c1. The molecule has 0 spiro atoms. The van der Waals surface area contributed by atoms with Gasteiger partial charge in [0, 0.05) is 13.7 Å². The van der Waals surface area contributed by atoms with E-state index in [1.807, 2.05) is 18.2 Å². The third kappa shape index (κ3) is 3.25. The molecule has 0 unspecified atom stereocenters. The van der Waals surface area contributed by atoms with Crippen LogP contribution in [0.1, 0.15) is 0 Å². The van der Waals surface area contributed by atoms with Crippen molar-refractivity contribution in [2.45, 2.75) is 0 Å². The zero-order valence-corrected chi connectivity index (χ0v) is 13.7. The van der Waals surface area contributed by atoms with Gasteiger partial charge in [0.15, 0.2) is 11.6 Å². The van der Waals surface area contributed by atoms with E-state index in [0.717, 1.165) is 13.7 Å². The molecule has 0 atom stereocenters. The van der Waals surface area contributed by atoms with Crippen LogP contribution in [0.25, 0.3) is 0 Å². The Labute approximate surface area is 132 Å². The summed E-state index contributed by atoms with van der Waals surface area (Å²) >= 11 is 5.70. The molecule has 0 aliphatic rings. The van der Waals surface area contributed by atoms with E-state index >= 15 is 0 Å². The standard InChI is InChI=1S/C11H11BrIN5O/c1-19-9-10(15-5-16-11(9)18-14)17-6-2-3-7(12)8(13)4-6/h2-5H,14H2,1H3,(H2,15,16,17,18). The van der Waals surface area contributed by atoms with E-state index in [1.54, 1.807) is 0 Å². The minimum absolute atomic E-state index is 0.423. The maximum absolute atomic E-state index is 5.38. The van der Waals surface area contributed by atoms with E-state index in [2.05, 4.69) is 59.2 Å². The van der Waals surface area contributed by atoms with Gasteiger partial charge in [-0.05, 0) is 56.7 Å². The number of aromatic nitrogens is 2. The van der Waals surface area contributed by atoms with Crippen LogP contribution in [0.15, 0.2) is 29.0 Å². The van der Waals surface area contributed by atoms with Crippen molar-refractivity contribution in [3.05, 3.63) is 32.6 Å². The molecule has 1 aromatic heterocycles. The number of rotatable bonds is 4. The van der Waals surface area contributed by atoms with Gasteiger partial charge in [0.05, 0.1) is 7.11 Å². The molecular weight excluding hydrogens is 425 g/mol. The molecule has 1 aromatic carbocycles. The van der Waals surface area contributed by atoms with Crippen LogP contribution in [0.2, 0.25) is 0 Å². The normalized spacial score (nSPS) is 10.1. The molecule has 0 bridgehead atoms. The Morgan fingerprint density at radius 2 is 2.05 bits per heavy atom. The maximum atomic E-state index is 5.38. The number of hydrogen-bond acceptors (Lipinski definition) is 6. The predicted octanol–water partition coefficient (Wildman–Crippen LogP) is 2.88. The molecule has 0 saturated heterocycles. The molecule has 0 amide bonds. The van der Waals surface area contributed by atoms with Gasteiger partial charge in [0.25, 0.3) is 0 Å². The van der Waals surface area contributed by atoms with Gasteiger partial charge in [-0.2, -0.15) is 0 Å². The third-order valence-electron chi connectivity index (χ3n) is 2.33. The molecular formula is C11H11BrIN5O. The lowest BCUT2D eigenvalue weighted by molar-refractivity contribution is 0.415. The van der Waals surface area contributed by atoms with E-state index < -0.39 is 0 Å². The van der Waals surface area contributed by atoms with Gasteiger partial charge in [-0.1, -0.05) is 0 Å². The molecule has 6 nitrogen and oxygen atoms in total. The molecule has 0 saturated carbocycles. The van der Waals surface area contributed by atoms with Crippen molar-refractivity contribution in [3.63, 3.8) is 0 Å². The lowest BCUT2D eigenvalue weighted by Gasteiger charge is -2.12. The van der Waals surface area contributed by atoms with Gasteiger partial charge < -0.3 is 15.5 Å². The number of benzene rings is 1. The van der Waals surface area contributed by atoms with E-state index in [4.69, 9.17) is 10.6 Å². The number of methoxy groups -OCH3 is 1. The summed E-state index contributed by atoms with van der Waals surface area (Å²) in [5, 5.41) is 3.17. The second-order valence-electron chi connectivity index (χ2n) is 3.50. The number of nitrogens with zero attached hydrogens (tertiary/aromatic N) is 2. The van der Waals surface area contributed by atoms with Gasteiger partial charge in [-0.25, -0.2) is 15.8 Å². The van der Waals surface area contributed by atoms with Crippen LogP contribution in [-0.4, -0.2) is 17.1 Å². The topological polar surface area (TPSA) is 85.1 Å². The van der Waals surface area contributed by atoms with Gasteiger partial charge in [-0.3, -0.25) is 0 Å². The molecule has 0 aliphatic heterocycles. The van der Waals surface area contributed by atoms with Crippen molar-refractivity contribution in [1.82, 2.24) is 9.97 Å². The van der Waals surface area contributed by atoms with Gasteiger partial charge in [-0.15, -0.1) is 0 Å². The van der Waals surface area contributed by atoms with Crippen LogP contribution in [0.3, 0.4) is 0 Å². The number of nitrogens with one attached hydrogen (secondary N) is 2. The summed E-state index contributed by atoms with van der Waals surface area (Å²) in [5.74, 6) is 6.81. The molecule has 0 radical (unpaired) electrons. The van der Waals surface area contributed by atoms with Crippen LogP contribution in [0, 0.1) is 3.57 Å². The number of hydrogen-bond donors (Lipinski definition) is 3. The molecule has 4 N–H and O–H groups in total. The van der Waals surface area contributed by atoms with Crippen LogP contribution in [0.5, 0.6) is 5.75 Å². The fourth-order valence-electron chi connectivity index (χ4n) is 1.47. The minimum atomic E-state index is 0.423. The Balaban J connectivity index is 2.35. The first-order chi connectivity index (χ1) is 9.15. The van der Waals surface area contributed by atoms with E-state index in [0.29, 0.717) is 17.4 Å². The van der Waals surface area contributed by atoms with Gasteiger partial charge in [0.2, 0.25) is 5.75 Å². The summed E-state index contributed by atoms with van der Waals surface area (Å²) in [7, 11) is 1.54. The summed E-state index contributed by atoms with van der Waals surface area (Å²) in [6.45, 7) is 0. The molecule has 2 aromatic rings. The highest BCUT2D eigenvalue weighted by Gasteiger charge is 2.11. The van der Waals surface area contributed by atoms with Crippen molar-refractivity contribution in [3.8, 4) is 5.75 Å². The number of ether oxygens (including phenoxy) is 1. The second kappa shape index (κ2) is 6.35. The highest BCUT2D eigenvalue weighted by Crippen LogP contribution is 2.31. The summed E-state index contributed by atoms with van der Waals surface area (Å²) in [6, 6.07) is 5.88. The zero-order chi connectivity index (χ0) is 13.8. The van der Waals surface area contributed by atoms with Crippen molar-refractivity contribution < 1.29 is 4.74 Å². The Morgan fingerprint density at radius 3 is 2.68 bits per heavy atom. The number of halogens is 2. The summed E-state index contributed by atoms with van der Waals surface area (Å²) in [6.07, 6.45) is 1.41. The van der Waals surface area contributed by atoms with Crippen LogP contribution >= 0.6 is 38.5 Å². The molecule has 0 aliphatic carbocycles. The van der Waals surface area contributed by atoms with Crippen molar-refractivity contribution >= 4 is 55.8 Å². The lowest BCUT2D eigenvalue weighted by Crippen LogP contribution is -2.11. The molecule has 8 heteroatoms. The first-order valence-corrected chi connectivity index (χ1v) is 7.10. The molecule has 2 rings (SSSR count). The summed E-state index contributed by atoms with van der Waals surface area (Å²) in [5.41, 5.74) is 3.36. The smallest absolute Gasteiger partial charge is 0.205 e. The molecule has 100 valence electrons. The predicted molar refractivity (Wildman–Crippen MR) is 86.5 cm³/mol. The monoisotopic (exact) mass is 435 g/mol. The Hall–Kier alpha value is -1.13. The van der Waals surface area contributed by atoms with Gasteiger partial charge in [0.1, 0.15) is 6.33 Å². The first kappa shape index (κ1) is 14.3. The molecule has 0 fully saturated rings. The average Bonchev–Trinajstić information content (AvgIpc) is 2.42. The largest absolute Gasteiger partial charge is 0.490 e. The van der Waals surface area contributed by atoms with Crippen LogP contribution < -0.4 is 21.3 Å². The average molecular weight is 436 g/mol. The number of nitrogen functional groups attached to an aromatic ring is 1. The fourth-order valence-corrected chi connectivity index (χ4v) is 2.23. The minimum Gasteiger partial charge on any atom is -0.490 e. The zero-order valence-electron chi connectivity index (χ0n) is 9.95. The Kier molecular flexibility index (Phi) is 4.77. The second-order valence-corrected chi connectivity index (χ2v) is 5.52. The van der Waals surface area contributed by atoms with Crippen molar-refractivity contribution in [2.75, 3.05) is 17.9 Å². The maximum Gasteiger partial charge on any atom is 0.205 e. The molecule has 19 heavy (non-hydrogen) atoms. The van der Waals surface area contributed by atoms with E-state index in [-0.39, 0.29) is 0 Å². The number of hydrazine groups is 1. The highest BCUT2D eigenvalue weighted by atomic mass is 127. The van der Waals surface area contributed by atoms with Crippen molar-refractivity contribution in [1.29, 1.82) is 0 Å². The highest BCUT2D eigenvalue weighted by molar-refractivity contribution is 14.1. The van der Waals surface area contributed by atoms with Crippen LogP contribution in [0.4, 0.5) is 17.3 Å². The number of anilines is 3. The lowest BCUT2D eigenvalue weighted by atomic mass is 10.3.